The maximum Gasteiger partial charge on any atom is 0.0647 e. The molecule has 2 aromatic carbocycles. The third-order valence-corrected chi connectivity index (χ3v) is 4.06. The standard InChI is InChI=1S/C16H17Br/c1-11-5-4-6-14(9-11)16(17)15-10-12(2)7-8-13(15)3/h4-10,16H,1-3H3. The van der Waals surface area contributed by atoms with Gasteiger partial charge in [-0.05, 0) is 37.5 Å². The molecule has 0 saturated heterocycles. The SMILES string of the molecule is Cc1cccc(C(Br)c2cc(C)ccc2C)c1. The zero-order valence-corrected chi connectivity index (χ0v) is 12.1. The molecule has 1 atom stereocenters. The van der Waals surface area contributed by atoms with Gasteiger partial charge >= 0.3 is 0 Å². The number of hydrogen-bond acceptors (Lipinski definition) is 0. The number of rotatable bonds is 2. The van der Waals surface area contributed by atoms with Crippen LogP contribution in [0.5, 0.6) is 0 Å². The summed E-state index contributed by atoms with van der Waals surface area (Å²) in [4.78, 5) is 0.280. The molecule has 0 spiro atoms. The Labute approximate surface area is 112 Å². The Kier molecular flexibility index (Phi) is 3.68. The molecule has 0 nitrogen and oxygen atoms in total. The topological polar surface area (TPSA) is 0 Å². The number of halogens is 1. The van der Waals surface area contributed by atoms with E-state index < -0.39 is 0 Å². The summed E-state index contributed by atoms with van der Waals surface area (Å²) < 4.78 is 0. The first kappa shape index (κ1) is 12.4. The summed E-state index contributed by atoms with van der Waals surface area (Å²) in [5.41, 5.74) is 6.62. The quantitative estimate of drug-likeness (QED) is 0.675. The predicted molar refractivity (Wildman–Crippen MR) is 77.9 cm³/mol. The fourth-order valence-electron chi connectivity index (χ4n) is 2.04. The Balaban J connectivity index is 2.43. The molecule has 1 unspecified atom stereocenters. The molecule has 0 aliphatic heterocycles. The molecule has 0 heterocycles. The van der Waals surface area contributed by atoms with Gasteiger partial charge in [0.15, 0.2) is 0 Å². The number of hydrogen-bond donors (Lipinski definition) is 0. The van der Waals surface area contributed by atoms with Crippen LogP contribution < -0.4 is 0 Å². The van der Waals surface area contributed by atoms with Crippen molar-refractivity contribution in [3.05, 3.63) is 70.3 Å². The molecule has 0 aliphatic carbocycles. The van der Waals surface area contributed by atoms with E-state index in [9.17, 15) is 0 Å². The van der Waals surface area contributed by atoms with Crippen LogP contribution in [0.4, 0.5) is 0 Å². The van der Waals surface area contributed by atoms with E-state index in [-0.39, 0.29) is 4.83 Å². The van der Waals surface area contributed by atoms with Crippen molar-refractivity contribution in [2.24, 2.45) is 0 Å². The average molecular weight is 289 g/mol. The molecule has 2 aromatic rings. The maximum atomic E-state index is 3.81. The van der Waals surface area contributed by atoms with E-state index in [0.717, 1.165) is 0 Å². The van der Waals surface area contributed by atoms with E-state index in [1.54, 1.807) is 0 Å². The highest BCUT2D eigenvalue weighted by Crippen LogP contribution is 2.33. The van der Waals surface area contributed by atoms with Gasteiger partial charge in [0.2, 0.25) is 0 Å². The highest BCUT2D eigenvalue weighted by Gasteiger charge is 2.12. The van der Waals surface area contributed by atoms with Gasteiger partial charge in [-0.1, -0.05) is 69.5 Å². The molecule has 0 radical (unpaired) electrons. The highest BCUT2D eigenvalue weighted by atomic mass is 79.9. The van der Waals surface area contributed by atoms with Crippen LogP contribution >= 0.6 is 15.9 Å². The molecular formula is C16H17Br. The van der Waals surface area contributed by atoms with Crippen LogP contribution in [0, 0.1) is 20.8 Å². The van der Waals surface area contributed by atoms with Crippen molar-refractivity contribution in [1.29, 1.82) is 0 Å². The van der Waals surface area contributed by atoms with E-state index >= 15 is 0 Å². The molecule has 17 heavy (non-hydrogen) atoms. The van der Waals surface area contributed by atoms with Crippen LogP contribution in [-0.2, 0) is 0 Å². The van der Waals surface area contributed by atoms with Crippen LogP contribution in [0.15, 0.2) is 42.5 Å². The molecule has 0 fully saturated rings. The van der Waals surface area contributed by atoms with Crippen molar-refractivity contribution in [2.45, 2.75) is 25.6 Å². The van der Waals surface area contributed by atoms with Crippen molar-refractivity contribution in [3.63, 3.8) is 0 Å². The summed E-state index contributed by atoms with van der Waals surface area (Å²) in [6.07, 6.45) is 0. The van der Waals surface area contributed by atoms with Crippen LogP contribution in [0.1, 0.15) is 32.6 Å². The minimum atomic E-state index is 0.280. The maximum absolute atomic E-state index is 3.81. The largest absolute Gasteiger partial charge is 0.0786 e. The molecule has 0 aliphatic rings. The number of alkyl halides is 1. The summed E-state index contributed by atoms with van der Waals surface area (Å²) in [5.74, 6) is 0. The lowest BCUT2D eigenvalue weighted by Gasteiger charge is -2.15. The zero-order chi connectivity index (χ0) is 12.4. The third-order valence-electron chi connectivity index (χ3n) is 3.04. The minimum Gasteiger partial charge on any atom is -0.0786 e. The summed E-state index contributed by atoms with van der Waals surface area (Å²) in [7, 11) is 0. The molecule has 0 bridgehead atoms. The lowest BCUT2D eigenvalue weighted by Crippen LogP contribution is -1.96. The molecule has 0 saturated carbocycles. The van der Waals surface area contributed by atoms with E-state index in [0.29, 0.717) is 0 Å². The highest BCUT2D eigenvalue weighted by molar-refractivity contribution is 9.09. The van der Waals surface area contributed by atoms with Crippen LogP contribution in [-0.4, -0.2) is 0 Å². The smallest absolute Gasteiger partial charge is 0.0647 e. The molecule has 0 aromatic heterocycles. The Morgan fingerprint density at radius 2 is 1.59 bits per heavy atom. The first-order valence-corrected chi connectivity index (χ1v) is 6.77. The predicted octanol–water partition coefficient (Wildman–Crippen LogP) is 5.10. The van der Waals surface area contributed by atoms with E-state index in [2.05, 4.69) is 79.2 Å². The Morgan fingerprint density at radius 1 is 0.882 bits per heavy atom. The first-order valence-electron chi connectivity index (χ1n) is 5.85. The Morgan fingerprint density at radius 3 is 2.29 bits per heavy atom. The van der Waals surface area contributed by atoms with Crippen molar-refractivity contribution in [1.82, 2.24) is 0 Å². The van der Waals surface area contributed by atoms with Crippen molar-refractivity contribution >= 4 is 15.9 Å². The molecule has 1 heteroatoms. The van der Waals surface area contributed by atoms with Crippen LogP contribution in [0.25, 0.3) is 0 Å². The lowest BCUT2D eigenvalue weighted by molar-refractivity contribution is 1.13. The molecule has 88 valence electrons. The van der Waals surface area contributed by atoms with E-state index in [1.165, 1.54) is 27.8 Å². The van der Waals surface area contributed by atoms with Gasteiger partial charge in [-0.25, -0.2) is 0 Å². The summed E-state index contributed by atoms with van der Waals surface area (Å²) >= 11 is 3.81. The molecule has 0 amide bonds. The number of aryl methyl sites for hydroxylation is 3. The lowest BCUT2D eigenvalue weighted by atomic mass is 9.98. The first-order chi connectivity index (χ1) is 8.08. The summed E-state index contributed by atoms with van der Waals surface area (Å²) in [6.45, 7) is 6.43. The zero-order valence-electron chi connectivity index (χ0n) is 10.5. The van der Waals surface area contributed by atoms with E-state index in [1.807, 2.05) is 0 Å². The normalized spacial score (nSPS) is 12.5. The fraction of sp³-hybridized carbons (Fsp3) is 0.250. The monoisotopic (exact) mass is 288 g/mol. The Hall–Kier alpha value is -1.08. The Bertz CT molecular complexity index is 529. The second kappa shape index (κ2) is 5.05. The van der Waals surface area contributed by atoms with Crippen molar-refractivity contribution < 1.29 is 0 Å². The van der Waals surface area contributed by atoms with Gasteiger partial charge < -0.3 is 0 Å². The summed E-state index contributed by atoms with van der Waals surface area (Å²) in [5, 5.41) is 0. The van der Waals surface area contributed by atoms with Gasteiger partial charge in [-0.2, -0.15) is 0 Å². The van der Waals surface area contributed by atoms with Gasteiger partial charge in [-0.15, -0.1) is 0 Å². The summed E-state index contributed by atoms with van der Waals surface area (Å²) in [6, 6.07) is 15.3. The van der Waals surface area contributed by atoms with Crippen LogP contribution in [0.3, 0.4) is 0 Å². The van der Waals surface area contributed by atoms with Crippen LogP contribution in [0.2, 0.25) is 0 Å². The average Bonchev–Trinajstić information content (AvgIpc) is 2.31. The molecule has 2 rings (SSSR count). The van der Waals surface area contributed by atoms with Gasteiger partial charge in [0.25, 0.3) is 0 Å². The van der Waals surface area contributed by atoms with Gasteiger partial charge in [-0.3, -0.25) is 0 Å². The van der Waals surface area contributed by atoms with Gasteiger partial charge in [0.1, 0.15) is 0 Å². The minimum absolute atomic E-state index is 0.280. The number of benzene rings is 2. The van der Waals surface area contributed by atoms with Gasteiger partial charge in [0, 0.05) is 0 Å². The van der Waals surface area contributed by atoms with Gasteiger partial charge in [0.05, 0.1) is 4.83 Å². The van der Waals surface area contributed by atoms with Crippen molar-refractivity contribution in [3.8, 4) is 0 Å². The molecule has 0 N–H and O–H groups in total. The fourth-order valence-corrected chi connectivity index (χ4v) is 2.82. The third kappa shape index (κ3) is 2.78. The second-order valence-corrected chi connectivity index (χ2v) is 5.55. The second-order valence-electron chi connectivity index (χ2n) is 4.64. The van der Waals surface area contributed by atoms with E-state index in [4.69, 9.17) is 0 Å². The van der Waals surface area contributed by atoms with Crippen molar-refractivity contribution in [2.75, 3.05) is 0 Å². The molecular weight excluding hydrogens is 272 g/mol.